The molecule has 2 heterocycles. The maximum Gasteiger partial charge on any atom is 0.191 e. The SMILES string of the molecule is CCCN1CCC(NC(=NCc2cnn(C)c2)NCC)CC1. The smallest absolute Gasteiger partial charge is 0.191 e. The highest BCUT2D eigenvalue weighted by Gasteiger charge is 2.19. The third kappa shape index (κ3) is 5.33. The van der Waals surface area contributed by atoms with Gasteiger partial charge in [0.2, 0.25) is 0 Å². The minimum absolute atomic E-state index is 0.528. The van der Waals surface area contributed by atoms with Gasteiger partial charge in [-0.05, 0) is 32.7 Å². The van der Waals surface area contributed by atoms with E-state index < -0.39 is 0 Å². The molecule has 1 aromatic heterocycles. The summed E-state index contributed by atoms with van der Waals surface area (Å²) in [6, 6.07) is 0.528. The van der Waals surface area contributed by atoms with Gasteiger partial charge in [0.05, 0.1) is 12.7 Å². The second-order valence-corrected chi connectivity index (χ2v) is 5.98. The molecule has 0 aromatic carbocycles. The van der Waals surface area contributed by atoms with Crippen LogP contribution in [0.25, 0.3) is 0 Å². The van der Waals surface area contributed by atoms with E-state index in [1.165, 1.54) is 38.9 Å². The monoisotopic (exact) mass is 306 g/mol. The molecule has 2 rings (SSSR count). The van der Waals surface area contributed by atoms with Gasteiger partial charge < -0.3 is 15.5 Å². The van der Waals surface area contributed by atoms with Crippen molar-refractivity contribution >= 4 is 5.96 Å². The van der Waals surface area contributed by atoms with E-state index in [1.807, 2.05) is 24.1 Å². The Hall–Kier alpha value is -1.56. The lowest BCUT2D eigenvalue weighted by Gasteiger charge is -2.32. The van der Waals surface area contributed by atoms with Crippen molar-refractivity contribution in [2.24, 2.45) is 12.0 Å². The molecule has 1 saturated heterocycles. The van der Waals surface area contributed by atoms with Crippen LogP contribution in [0.4, 0.5) is 0 Å². The number of hydrogen-bond donors (Lipinski definition) is 2. The Balaban J connectivity index is 1.83. The van der Waals surface area contributed by atoms with Gasteiger partial charge in [-0.25, -0.2) is 4.99 Å². The van der Waals surface area contributed by atoms with E-state index in [4.69, 9.17) is 0 Å². The zero-order valence-electron chi connectivity index (χ0n) is 14.2. The normalized spacial score (nSPS) is 17.7. The third-order valence-corrected chi connectivity index (χ3v) is 3.99. The number of piperidine rings is 1. The second-order valence-electron chi connectivity index (χ2n) is 5.98. The number of guanidine groups is 1. The van der Waals surface area contributed by atoms with Crippen LogP contribution in [0.5, 0.6) is 0 Å². The molecule has 0 unspecified atom stereocenters. The molecule has 0 amide bonds. The number of likely N-dealkylation sites (tertiary alicyclic amines) is 1. The van der Waals surface area contributed by atoms with Gasteiger partial charge in [-0.3, -0.25) is 4.68 Å². The first-order valence-corrected chi connectivity index (χ1v) is 8.46. The minimum atomic E-state index is 0.528. The molecule has 1 aliphatic rings. The lowest BCUT2D eigenvalue weighted by Crippen LogP contribution is -2.48. The molecule has 0 saturated carbocycles. The molecule has 0 radical (unpaired) electrons. The molecule has 0 spiro atoms. The molecule has 124 valence electrons. The standard InChI is InChI=1S/C16H30N6/c1-4-8-22-9-6-15(7-10-22)20-16(17-5-2)18-11-14-12-19-21(3)13-14/h12-13,15H,4-11H2,1-3H3,(H2,17,18,20). The number of aromatic nitrogens is 2. The van der Waals surface area contributed by atoms with Crippen LogP contribution in [-0.4, -0.2) is 52.9 Å². The van der Waals surface area contributed by atoms with E-state index in [2.05, 4.69) is 39.5 Å². The zero-order valence-corrected chi connectivity index (χ0v) is 14.2. The predicted molar refractivity (Wildman–Crippen MR) is 90.9 cm³/mol. The number of nitrogens with one attached hydrogen (secondary N) is 2. The summed E-state index contributed by atoms with van der Waals surface area (Å²) in [5.41, 5.74) is 1.14. The van der Waals surface area contributed by atoms with Crippen LogP contribution in [0.1, 0.15) is 38.7 Å². The number of aryl methyl sites for hydroxylation is 1. The Bertz CT molecular complexity index is 459. The Kier molecular flexibility index (Phi) is 6.71. The molecular formula is C16H30N6. The average molecular weight is 306 g/mol. The minimum Gasteiger partial charge on any atom is -0.357 e. The second kappa shape index (κ2) is 8.78. The van der Waals surface area contributed by atoms with Gasteiger partial charge in [0, 0.05) is 44.5 Å². The van der Waals surface area contributed by atoms with Gasteiger partial charge in [-0.15, -0.1) is 0 Å². The van der Waals surface area contributed by atoms with E-state index in [9.17, 15) is 0 Å². The molecule has 6 heteroatoms. The van der Waals surface area contributed by atoms with Crippen molar-refractivity contribution in [3.63, 3.8) is 0 Å². The summed E-state index contributed by atoms with van der Waals surface area (Å²) < 4.78 is 1.81. The van der Waals surface area contributed by atoms with Crippen molar-refractivity contribution in [3.05, 3.63) is 18.0 Å². The van der Waals surface area contributed by atoms with Crippen molar-refractivity contribution in [1.82, 2.24) is 25.3 Å². The van der Waals surface area contributed by atoms with Crippen LogP contribution in [0.15, 0.2) is 17.4 Å². The van der Waals surface area contributed by atoms with Crippen LogP contribution in [0, 0.1) is 0 Å². The van der Waals surface area contributed by atoms with Crippen LogP contribution in [0.2, 0.25) is 0 Å². The number of aliphatic imine (C=N–C) groups is 1. The number of hydrogen-bond acceptors (Lipinski definition) is 3. The first-order valence-electron chi connectivity index (χ1n) is 8.46. The summed E-state index contributed by atoms with van der Waals surface area (Å²) in [5, 5.41) is 11.1. The van der Waals surface area contributed by atoms with Gasteiger partial charge in [-0.2, -0.15) is 5.10 Å². The maximum atomic E-state index is 4.67. The molecule has 0 aliphatic carbocycles. The molecular weight excluding hydrogens is 276 g/mol. The third-order valence-electron chi connectivity index (χ3n) is 3.99. The van der Waals surface area contributed by atoms with Crippen LogP contribution < -0.4 is 10.6 Å². The van der Waals surface area contributed by atoms with E-state index in [0.29, 0.717) is 12.6 Å². The fourth-order valence-corrected chi connectivity index (χ4v) is 2.85. The van der Waals surface area contributed by atoms with Crippen LogP contribution in [-0.2, 0) is 13.6 Å². The molecule has 0 atom stereocenters. The Morgan fingerprint density at radius 2 is 2.14 bits per heavy atom. The van der Waals surface area contributed by atoms with Gasteiger partial charge in [0.25, 0.3) is 0 Å². The largest absolute Gasteiger partial charge is 0.357 e. The highest BCUT2D eigenvalue weighted by Crippen LogP contribution is 2.10. The first-order chi connectivity index (χ1) is 10.7. The van der Waals surface area contributed by atoms with Gasteiger partial charge in [0.15, 0.2) is 5.96 Å². The lowest BCUT2D eigenvalue weighted by atomic mass is 10.1. The molecule has 1 aliphatic heterocycles. The Morgan fingerprint density at radius 3 is 2.73 bits per heavy atom. The van der Waals surface area contributed by atoms with Gasteiger partial charge in [-0.1, -0.05) is 6.92 Å². The Labute approximate surface area is 134 Å². The van der Waals surface area contributed by atoms with E-state index in [-0.39, 0.29) is 0 Å². The molecule has 22 heavy (non-hydrogen) atoms. The van der Waals surface area contributed by atoms with Crippen LogP contribution in [0.3, 0.4) is 0 Å². The van der Waals surface area contributed by atoms with Crippen molar-refractivity contribution in [2.75, 3.05) is 26.2 Å². The summed E-state index contributed by atoms with van der Waals surface area (Å²) >= 11 is 0. The van der Waals surface area contributed by atoms with Gasteiger partial charge >= 0.3 is 0 Å². The zero-order chi connectivity index (χ0) is 15.8. The summed E-state index contributed by atoms with van der Waals surface area (Å²) in [5.74, 6) is 0.917. The highest BCUT2D eigenvalue weighted by atomic mass is 15.2. The molecule has 2 N–H and O–H groups in total. The quantitative estimate of drug-likeness (QED) is 0.615. The number of nitrogens with zero attached hydrogens (tertiary/aromatic N) is 4. The van der Waals surface area contributed by atoms with Crippen molar-refractivity contribution in [2.45, 2.75) is 45.7 Å². The summed E-state index contributed by atoms with van der Waals surface area (Å²) in [4.78, 5) is 7.23. The van der Waals surface area contributed by atoms with Crippen molar-refractivity contribution < 1.29 is 0 Å². The fraction of sp³-hybridized carbons (Fsp3) is 0.750. The highest BCUT2D eigenvalue weighted by molar-refractivity contribution is 5.80. The number of rotatable bonds is 6. The summed E-state index contributed by atoms with van der Waals surface area (Å²) in [7, 11) is 1.93. The lowest BCUT2D eigenvalue weighted by molar-refractivity contribution is 0.206. The summed E-state index contributed by atoms with van der Waals surface area (Å²) in [6.45, 7) is 9.50. The Morgan fingerprint density at radius 1 is 1.36 bits per heavy atom. The van der Waals surface area contributed by atoms with E-state index in [1.54, 1.807) is 0 Å². The van der Waals surface area contributed by atoms with Gasteiger partial charge in [0.1, 0.15) is 0 Å². The van der Waals surface area contributed by atoms with Crippen molar-refractivity contribution in [3.8, 4) is 0 Å². The molecule has 1 fully saturated rings. The van der Waals surface area contributed by atoms with Crippen molar-refractivity contribution in [1.29, 1.82) is 0 Å². The van der Waals surface area contributed by atoms with Crippen LogP contribution >= 0.6 is 0 Å². The summed E-state index contributed by atoms with van der Waals surface area (Å²) in [6.07, 6.45) is 7.51. The molecule has 0 bridgehead atoms. The van der Waals surface area contributed by atoms with E-state index >= 15 is 0 Å². The topological polar surface area (TPSA) is 57.5 Å². The molecule has 6 nitrogen and oxygen atoms in total. The maximum absolute atomic E-state index is 4.67. The molecule has 1 aromatic rings. The van der Waals surface area contributed by atoms with E-state index in [0.717, 1.165) is 18.1 Å². The fourth-order valence-electron chi connectivity index (χ4n) is 2.85. The predicted octanol–water partition coefficient (Wildman–Crippen LogP) is 1.35. The average Bonchev–Trinajstić information content (AvgIpc) is 2.93. The first kappa shape index (κ1) is 16.8.